The highest BCUT2D eigenvalue weighted by Crippen LogP contribution is 2.21. The number of hydrogen-bond donors (Lipinski definition) is 1. The van der Waals surface area contributed by atoms with E-state index in [0.717, 1.165) is 6.54 Å². The summed E-state index contributed by atoms with van der Waals surface area (Å²) >= 11 is 0. The lowest BCUT2D eigenvalue weighted by atomic mass is 9.92. The second-order valence-electron chi connectivity index (χ2n) is 4.14. The highest BCUT2D eigenvalue weighted by atomic mass is 16.5. The molecule has 0 aliphatic carbocycles. The predicted molar refractivity (Wildman–Crippen MR) is 54.5 cm³/mol. The zero-order valence-electron chi connectivity index (χ0n) is 9.41. The summed E-state index contributed by atoms with van der Waals surface area (Å²) in [5.74, 6) is 0.331. The van der Waals surface area contributed by atoms with Gasteiger partial charge in [0.1, 0.15) is 0 Å². The van der Waals surface area contributed by atoms with Crippen molar-refractivity contribution in [2.45, 2.75) is 26.8 Å². The van der Waals surface area contributed by atoms with Gasteiger partial charge in [-0.05, 0) is 12.8 Å². The lowest BCUT2D eigenvalue weighted by molar-refractivity contribution is -0.148. The zero-order valence-corrected chi connectivity index (χ0v) is 9.41. The van der Waals surface area contributed by atoms with Gasteiger partial charge >= 0.3 is 5.97 Å². The second-order valence-corrected chi connectivity index (χ2v) is 4.14. The Morgan fingerprint density at radius 1 is 1.64 bits per heavy atom. The van der Waals surface area contributed by atoms with Crippen LogP contribution in [-0.2, 0) is 9.53 Å². The van der Waals surface area contributed by atoms with Crippen LogP contribution >= 0.6 is 0 Å². The lowest BCUT2D eigenvalue weighted by Crippen LogP contribution is -2.39. The van der Waals surface area contributed by atoms with E-state index in [1.165, 1.54) is 0 Å². The Morgan fingerprint density at radius 2 is 2.29 bits per heavy atom. The predicted octanol–water partition coefficient (Wildman–Crippen LogP) is 0.640. The standard InChI is InChI=1S/C10H20N2O2/c1-5-14-10(13)8-6-12(4)11-9(8)7(2)3/h7-9,11H,5-6H2,1-4H3. The van der Waals surface area contributed by atoms with Gasteiger partial charge in [-0.2, -0.15) is 0 Å². The fraction of sp³-hybridized carbons (Fsp3) is 0.900. The first-order chi connectivity index (χ1) is 6.56. The number of ether oxygens (including phenoxy) is 1. The van der Waals surface area contributed by atoms with E-state index in [1.807, 2.05) is 19.0 Å². The summed E-state index contributed by atoms with van der Waals surface area (Å²) < 4.78 is 5.05. The van der Waals surface area contributed by atoms with Crippen LogP contribution in [0, 0.1) is 11.8 Å². The molecule has 0 aromatic heterocycles. The van der Waals surface area contributed by atoms with Crippen molar-refractivity contribution in [3.63, 3.8) is 0 Å². The van der Waals surface area contributed by atoms with Crippen LogP contribution < -0.4 is 5.43 Å². The molecule has 1 rings (SSSR count). The number of hydrogen-bond acceptors (Lipinski definition) is 4. The van der Waals surface area contributed by atoms with Gasteiger partial charge in [0.2, 0.25) is 0 Å². The van der Waals surface area contributed by atoms with Crippen molar-refractivity contribution < 1.29 is 9.53 Å². The molecule has 1 saturated heterocycles. The molecule has 1 fully saturated rings. The maximum Gasteiger partial charge on any atom is 0.311 e. The van der Waals surface area contributed by atoms with Gasteiger partial charge in [-0.3, -0.25) is 10.2 Å². The Bertz CT molecular complexity index is 206. The van der Waals surface area contributed by atoms with E-state index in [4.69, 9.17) is 4.74 Å². The number of rotatable bonds is 3. The van der Waals surface area contributed by atoms with Gasteiger partial charge in [0.15, 0.2) is 0 Å². The molecule has 1 N–H and O–H groups in total. The molecule has 1 aliphatic heterocycles. The molecule has 1 aliphatic rings. The largest absolute Gasteiger partial charge is 0.466 e. The van der Waals surface area contributed by atoms with Crippen molar-refractivity contribution in [3.05, 3.63) is 0 Å². The highest BCUT2D eigenvalue weighted by molar-refractivity contribution is 5.74. The Hall–Kier alpha value is -0.610. The number of carbonyl (C=O) groups is 1. The molecule has 0 aromatic carbocycles. The second kappa shape index (κ2) is 4.75. The molecule has 4 nitrogen and oxygen atoms in total. The quantitative estimate of drug-likeness (QED) is 0.679. The molecule has 1 heterocycles. The molecule has 0 bridgehead atoms. The SMILES string of the molecule is CCOC(=O)C1CN(C)NC1C(C)C. The molecule has 0 spiro atoms. The minimum Gasteiger partial charge on any atom is -0.466 e. The van der Waals surface area contributed by atoms with Crippen LogP contribution in [0.1, 0.15) is 20.8 Å². The average molecular weight is 200 g/mol. The van der Waals surface area contributed by atoms with Crippen molar-refractivity contribution in [2.75, 3.05) is 20.2 Å². The van der Waals surface area contributed by atoms with E-state index >= 15 is 0 Å². The van der Waals surface area contributed by atoms with E-state index < -0.39 is 0 Å². The van der Waals surface area contributed by atoms with Gasteiger partial charge in [-0.1, -0.05) is 13.8 Å². The third-order valence-corrected chi connectivity index (χ3v) is 2.58. The van der Waals surface area contributed by atoms with Crippen LogP contribution in [0.5, 0.6) is 0 Å². The van der Waals surface area contributed by atoms with Crippen molar-refractivity contribution >= 4 is 5.97 Å². The molecule has 0 aromatic rings. The Morgan fingerprint density at radius 3 is 2.79 bits per heavy atom. The number of esters is 1. The average Bonchev–Trinajstić information content (AvgIpc) is 2.48. The summed E-state index contributed by atoms with van der Waals surface area (Å²) in [5, 5.41) is 1.96. The summed E-state index contributed by atoms with van der Waals surface area (Å²) in [6.45, 7) is 7.27. The van der Waals surface area contributed by atoms with Crippen LogP contribution in [0.2, 0.25) is 0 Å². The van der Waals surface area contributed by atoms with E-state index in [-0.39, 0.29) is 17.9 Å². The summed E-state index contributed by atoms with van der Waals surface area (Å²) in [7, 11) is 1.95. The number of hydrazine groups is 1. The third kappa shape index (κ3) is 2.45. The molecular weight excluding hydrogens is 180 g/mol. The van der Waals surface area contributed by atoms with Crippen molar-refractivity contribution in [2.24, 2.45) is 11.8 Å². The van der Waals surface area contributed by atoms with Gasteiger partial charge in [-0.25, -0.2) is 5.01 Å². The number of carbonyl (C=O) groups excluding carboxylic acids is 1. The van der Waals surface area contributed by atoms with E-state index in [0.29, 0.717) is 12.5 Å². The van der Waals surface area contributed by atoms with Crippen molar-refractivity contribution in [3.8, 4) is 0 Å². The van der Waals surface area contributed by atoms with Crippen LogP contribution in [0.3, 0.4) is 0 Å². The maximum absolute atomic E-state index is 11.6. The van der Waals surface area contributed by atoms with Gasteiger partial charge in [0.25, 0.3) is 0 Å². The first-order valence-electron chi connectivity index (χ1n) is 5.20. The third-order valence-electron chi connectivity index (χ3n) is 2.58. The van der Waals surface area contributed by atoms with Crippen molar-refractivity contribution in [1.82, 2.24) is 10.4 Å². The van der Waals surface area contributed by atoms with E-state index in [2.05, 4.69) is 19.3 Å². The molecule has 0 radical (unpaired) electrons. The molecule has 2 atom stereocenters. The minimum atomic E-state index is -0.0805. The molecule has 82 valence electrons. The summed E-state index contributed by atoms with van der Waals surface area (Å²) in [4.78, 5) is 11.6. The Labute approximate surface area is 85.6 Å². The molecule has 4 heteroatoms. The minimum absolute atomic E-state index is 0.0278. The van der Waals surface area contributed by atoms with E-state index in [1.54, 1.807) is 0 Å². The number of nitrogens with zero attached hydrogens (tertiary/aromatic N) is 1. The van der Waals surface area contributed by atoms with Crippen molar-refractivity contribution in [1.29, 1.82) is 0 Å². The molecule has 0 amide bonds. The highest BCUT2D eigenvalue weighted by Gasteiger charge is 2.38. The summed E-state index contributed by atoms with van der Waals surface area (Å²) in [6.07, 6.45) is 0. The summed E-state index contributed by atoms with van der Waals surface area (Å²) in [5.41, 5.74) is 3.28. The van der Waals surface area contributed by atoms with Gasteiger partial charge < -0.3 is 4.74 Å². The molecule has 2 unspecified atom stereocenters. The molecule has 14 heavy (non-hydrogen) atoms. The molecule has 0 saturated carbocycles. The Kier molecular flexibility index (Phi) is 3.89. The van der Waals surface area contributed by atoms with Crippen LogP contribution in [0.25, 0.3) is 0 Å². The topological polar surface area (TPSA) is 41.6 Å². The van der Waals surface area contributed by atoms with Gasteiger partial charge in [-0.15, -0.1) is 0 Å². The maximum atomic E-state index is 11.6. The lowest BCUT2D eigenvalue weighted by Gasteiger charge is -2.20. The Balaban J connectivity index is 2.61. The first kappa shape index (κ1) is 11.5. The monoisotopic (exact) mass is 200 g/mol. The fourth-order valence-electron chi connectivity index (χ4n) is 1.89. The van der Waals surface area contributed by atoms with Crippen LogP contribution in [0.15, 0.2) is 0 Å². The fourth-order valence-corrected chi connectivity index (χ4v) is 1.89. The van der Waals surface area contributed by atoms with Crippen LogP contribution in [-0.4, -0.2) is 37.2 Å². The number of nitrogens with one attached hydrogen (secondary N) is 1. The normalized spacial score (nSPS) is 28.4. The van der Waals surface area contributed by atoms with Gasteiger partial charge in [0, 0.05) is 19.6 Å². The smallest absolute Gasteiger partial charge is 0.311 e. The summed E-state index contributed by atoms with van der Waals surface area (Å²) in [6, 6.07) is 0.207. The van der Waals surface area contributed by atoms with E-state index in [9.17, 15) is 4.79 Å². The van der Waals surface area contributed by atoms with Crippen LogP contribution in [0.4, 0.5) is 0 Å². The first-order valence-corrected chi connectivity index (χ1v) is 5.20. The zero-order chi connectivity index (χ0) is 10.7. The van der Waals surface area contributed by atoms with Gasteiger partial charge in [0.05, 0.1) is 12.5 Å². The molecular formula is C10H20N2O2.